The number of allylic oxidation sites excluding steroid dienone is 1. The molecule has 0 atom stereocenters. The molecule has 0 aliphatic heterocycles. The zero-order valence-corrected chi connectivity index (χ0v) is 8.28. The average Bonchev–Trinajstić information content (AvgIpc) is 1.85. The lowest BCUT2D eigenvalue weighted by atomic mass is 10.1. The summed E-state index contributed by atoms with van der Waals surface area (Å²) in [6.07, 6.45) is 6.74. The fourth-order valence-electron chi connectivity index (χ4n) is 0.815. The van der Waals surface area contributed by atoms with Crippen molar-refractivity contribution < 1.29 is 0 Å². The topological polar surface area (TPSA) is 12.0 Å². The second kappa shape index (κ2) is 5.36. The fourth-order valence-corrected chi connectivity index (χ4v) is 0.815. The van der Waals surface area contributed by atoms with E-state index in [4.69, 9.17) is 0 Å². The molecule has 0 bridgehead atoms. The van der Waals surface area contributed by atoms with Crippen LogP contribution in [0.5, 0.6) is 0 Å². The third-order valence-corrected chi connectivity index (χ3v) is 1.37. The van der Waals surface area contributed by atoms with Crippen LogP contribution in [-0.4, -0.2) is 12.1 Å². The zero-order valence-electron chi connectivity index (χ0n) is 8.28. The van der Waals surface area contributed by atoms with E-state index < -0.39 is 0 Å². The van der Waals surface area contributed by atoms with Crippen molar-refractivity contribution in [3.63, 3.8) is 0 Å². The maximum absolute atomic E-state index is 3.43. The molecule has 0 rings (SSSR count). The highest BCUT2D eigenvalue weighted by atomic mass is 14.9. The van der Waals surface area contributed by atoms with Crippen LogP contribution < -0.4 is 5.32 Å². The number of hydrogen-bond donors (Lipinski definition) is 1. The fraction of sp³-hybridized carbons (Fsp3) is 0.800. The first-order valence-electron chi connectivity index (χ1n) is 4.46. The summed E-state index contributed by atoms with van der Waals surface area (Å²) < 4.78 is 0. The molecular weight excluding hydrogens is 134 g/mol. The van der Waals surface area contributed by atoms with Gasteiger partial charge in [-0.05, 0) is 40.2 Å². The minimum atomic E-state index is 0.264. The van der Waals surface area contributed by atoms with E-state index in [1.807, 2.05) is 0 Å². The van der Waals surface area contributed by atoms with Crippen molar-refractivity contribution in [3.05, 3.63) is 12.2 Å². The van der Waals surface area contributed by atoms with Gasteiger partial charge in [-0.15, -0.1) is 0 Å². The summed E-state index contributed by atoms with van der Waals surface area (Å²) in [5, 5.41) is 3.43. The van der Waals surface area contributed by atoms with Crippen LogP contribution in [0.2, 0.25) is 0 Å². The van der Waals surface area contributed by atoms with Crippen LogP contribution in [0.1, 0.15) is 40.5 Å². The van der Waals surface area contributed by atoms with Gasteiger partial charge >= 0.3 is 0 Å². The molecule has 1 N–H and O–H groups in total. The van der Waals surface area contributed by atoms with Crippen LogP contribution in [0.3, 0.4) is 0 Å². The molecule has 1 nitrogen and oxygen atoms in total. The molecule has 0 saturated carbocycles. The van der Waals surface area contributed by atoms with Gasteiger partial charge in [0.05, 0.1) is 0 Å². The summed E-state index contributed by atoms with van der Waals surface area (Å²) in [5.41, 5.74) is 0.264. The van der Waals surface area contributed by atoms with Crippen molar-refractivity contribution in [1.29, 1.82) is 0 Å². The van der Waals surface area contributed by atoms with Gasteiger partial charge in [-0.3, -0.25) is 0 Å². The molecule has 0 aliphatic rings. The monoisotopic (exact) mass is 155 g/mol. The lowest BCUT2D eigenvalue weighted by Crippen LogP contribution is -2.36. The number of nitrogens with one attached hydrogen (secondary N) is 1. The molecule has 0 aliphatic carbocycles. The van der Waals surface area contributed by atoms with E-state index in [1.165, 1.54) is 0 Å². The summed E-state index contributed by atoms with van der Waals surface area (Å²) in [4.78, 5) is 0. The predicted molar refractivity (Wildman–Crippen MR) is 51.8 cm³/mol. The van der Waals surface area contributed by atoms with E-state index in [0.717, 1.165) is 19.4 Å². The second-order valence-electron chi connectivity index (χ2n) is 3.85. The molecule has 0 heterocycles. The molecule has 0 fully saturated rings. The van der Waals surface area contributed by atoms with E-state index in [0.29, 0.717) is 0 Å². The molecule has 0 radical (unpaired) electrons. The highest BCUT2D eigenvalue weighted by molar-refractivity contribution is 4.82. The Morgan fingerprint density at radius 3 is 2.27 bits per heavy atom. The lowest BCUT2D eigenvalue weighted by Gasteiger charge is -2.19. The molecule has 0 unspecified atom stereocenters. The van der Waals surface area contributed by atoms with E-state index in [-0.39, 0.29) is 5.54 Å². The Balaban J connectivity index is 3.21. The maximum atomic E-state index is 3.43. The zero-order chi connectivity index (χ0) is 8.74. The van der Waals surface area contributed by atoms with E-state index >= 15 is 0 Å². The first kappa shape index (κ1) is 10.7. The molecule has 0 saturated heterocycles. The van der Waals surface area contributed by atoms with Crippen LogP contribution in [0.15, 0.2) is 12.2 Å². The molecule has 66 valence electrons. The maximum Gasteiger partial charge on any atom is 0.00966 e. The van der Waals surface area contributed by atoms with Crippen LogP contribution >= 0.6 is 0 Å². The Kier molecular flexibility index (Phi) is 5.22. The SMILES string of the molecule is CCC=CCCNC(C)(C)C. The van der Waals surface area contributed by atoms with Gasteiger partial charge in [0.2, 0.25) is 0 Å². The highest BCUT2D eigenvalue weighted by Crippen LogP contribution is 1.98. The Bertz CT molecular complexity index is 109. The third kappa shape index (κ3) is 9.70. The highest BCUT2D eigenvalue weighted by Gasteiger charge is 2.05. The second-order valence-corrected chi connectivity index (χ2v) is 3.85. The van der Waals surface area contributed by atoms with Gasteiger partial charge in [-0.25, -0.2) is 0 Å². The van der Waals surface area contributed by atoms with Crippen molar-refractivity contribution in [3.8, 4) is 0 Å². The van der Waals surface area contributed by atoms with Crippen molar-refractivity contribution in [2.45, 2.75) is 46.1 Å². The minimum absolute atomic E-state index is 0.264. The van der Waals surface area contributed by atoms with Crippen molar-refractivity contribution in [2.24, 2.45) is 0 Å². The number of hydrogen-bond acceptors (Lipinski definition) is 1. The standard InChI is InChI=1S/C10H21N/c1-5-6-7-8-9-11-10(2,3)4/h6-7,11H,5,8-9H2,1-4H3. The lowest BCUT2D eigenvalue weighted by molar-refractivity contribution is 0.431. The summed E-state index contributed by atoms with van der Waals surface area (Å²) >= 11 is 0. The van der Waals surface area contributed by atoms with Gasteiger partial charge < -0.3 is 5.32 Å². The smallest absolute Gasteiger partial charge is 0.00966 e. The van der Waals surface area contributed by atoms with E-state index in [1.54, 1.807) is 0 Å². The molecule has 1 heteroatoms. The Labute approximate surface area is 70.9 Å². The minimum Gasteiger partial charge on any atom is -0.312 e. The van der Waals surface area contributed by atoms with Gasteiger partial charge in [0.25, 0.3) is 0 Å². The first-order chi connectivity index (χ1) is 5.06. The molecule has 11 heavy (non-hydrogen) atoms. The normalized spacial score (nSPS) is 12.7. The Hall–Kier alpha value is -0.300. The third-order valence-electron chi connectivity index (χ3n) is 1.37. The summed E-state index contributed by atoms with van der Waals surface area (Å²) in [5.74, 6) is 0. The van der Waals surface area contributed by atoms with Gasteiger partial charge in [-0.1, -0.05) is 19.1 Å². The van der Waals surface area contributed by atoms with Gasteiger partial charge in [-0.2, -0.15) is 0 Å². The number of rotatable bonds is 4. The molecule has 0 aromatic rings. The van der Waals surface area contributed by atoms with Gasteiger partial charge in [0.1, 0.15) is 0 Å². The van der Waals surface area contributed by atoms with Gasteiger partial charge in [0, 0.05) is 5.54 Å². The average molecular weight is 155 g/mol. The summed E-state index contributed by atoms with van der Waals surface area (Å²) in [6, 6.07) is 0. The predicted octanol–water partition coefficient (Wildman–Crippen LogP) is 2.73. The largest absolute Gasteiger partial charge is 0.312 e. The van der Waals surface area contributed by atoms with Crippen molar-refractivity contribution in [2.75, 3.05) is 6.54 Å². The van der Waals surface area contributed by atoms with Crippen LogP contribution in [0, 0.1) is 0 Å². The molecule has 0 aromatic heterocycles. The van der Waals surface area contributed by atoms with Crippen LogP contribution in [-0.2, 0) is 0 Å². The molecule has 0 amide bonds. The quantitative estimate of drug-likeness (QED) is 0.486. The molecule has 0 spiro atoms. The van der Waals surface area contributed by atoms with E-state index in [2.05, 4.69) is 45.2 Å². The van der Waals surface area contributed by atoms with Gasteiger partial charge in [0.15, 0.2) is 0 Å². The first-order valence-corrected chi connectivity index (χ1v) is 4.46. The Morgan fingerprint density at radius 1 is 1.18 bits per heavy atom. The van der Waals surface area contributed by atoms with Crippen molar-refractivity contribution >= 4 is 0 Å². The van der Waals surface area contributed by atoms with E-state index in [9.17, 15) is 0 Å². The van der Waals surface area contributed by atoms with Crippen LogP contribution in [0.25, 0.3) is 0 Å². The molecule has 0 aromatic carbocycles. The summed E-state index contributed by atoms with van der Waals surface area (Å²) in [6.45, 7) is 9.82. The van der Waals surface area contributed by atoms with Crippen molar-refractivity contribution in [1.82, 2.24) is 5.32 Å². The summed E-state index contributed by atoms with van der Waals surface area (Å²) in [7, 11) is 0. The van der Waals surface area contributed by atoms with Crippen LogP contribution in [0.4, 0.5) is 0 Å². The Morgan fingerprint density at radius 2 is 1.82 bits per heavy atom. The molecular formula is C10H21N.